The van der Waals surface area contributed by atoms with Crippen molar-refractivity contribution in [1.82, 2.24) is 14.6 Å². The van der Waals surface area contributed by atoms with Crippen LogP contribution in [0.1, 0.15) is 5.69 Å². The van der Waals surface area contributed by atoms with E-state index in [2.05, 4.69) is 43.6 Å². The minimum atomic E-state index is 0.331. The SMILES string of the molecule is C=NN(C=NC)c1ccc(OC)c(Nc2cc(NC)c3ncc(C#N)n3n2)c1. The molecule has 0 aliphatic heterocycles. The van der Waals surface area contributed by atoms with Crippen molar-refractivity contribution in [2.75, 3.05) is 36.8 Å². The Morgan fingerprint density at radius 2 is 2.18 bits per heavy atom. The molecule has 1 aromatic carbocycles. The maximum Gasteiger partial charge on any atom is 0.178 e. The van der Waals surface area contributed by atoms with Crippen LogP contribution in [-0.2, 0) is 0 Å². The van der Waals surface area contributed by atoms with Crippen LogP contribution < -0.4 is 20.4 Å². The van der Waals surface area contributed by atoms with E-state index in [4.69, 9.17) is 4.74 Å². The zero-order chi connectivity index (χ0) is 20.1. The van der Waals surface area contributed by atoms with Gasteiger partial charge in [0, 0.05) is 26.9 Å². The Kier molecular flexibility index (Phi) is 5.36. The Hall–Kier alpha value is -4.13. The van der Waals surface area contributed by atoms with E-state index in [-0.39, 0.29) is 0 Å². The number of nitrogens with zero attached hydrogens (tertiary/aromatic N) is 7. The molecule has 28 heavy (non-hydrogen) atoms. The van der Waals surface area contributed by atoms with Crippen LogP contribution in [0.15, 0.2) is 40.6 Å². The largest absolute Gasteiger partial charge is 0.495 e. The van der Waals surface area contributed by atoms with E-state index in [0.717, 1.165) is 11.4 Å². The minimum Gasteiger partial charge on any atom is -0.495 e. The minimum absolute atomic E-state index is 0.331. The van der Waals surface area contributed by atoms with Crippen molar-refractivity contribution in [2.45, 2.75) is 0 Å². The van der Waals surface area contributed by atoms with E-state index in [1.54, 1.807) is 39.7 Å². The molecule has 0 saturated carbocycles. The molecule has 0 spiro atoms. The summed E-state index contributed by atoms with van der Waals surface area (Å²) in [6.45, 7) is 3.55. The van der Waals surface area contributed by atoms with Gasteiger partial charge >= 0.3 is 0 Å². The van der Waals surface area contributed by atoms with Crippen molar-refractivity contribution in [3.63, 3.8) is 0 Å². The maximum absolute atomic E-state index is 9.28. The summed E-state index contributed by atoms with van der Waals surface area (Å²) in [5.41, 5.74) is 3.01. The third-order valence-corrected chi connectivity index (χ3v) is 3.94. The van der Waals surface area contributed by atoms with Crippen LogP contribution >= 0.6 is 0 Å². The molecule has 2 N–H and O–H groups in total. The molecule has 0 unspecified atom stereocenters. The van der Waals surface area contributed by atoms with Gasteiger partial charge in [0.2, 0.25) is 0 Å². The van der Waals surface area contributed by atoms with Gasteiger partial charge < -0.3 is 15.4 Å². The Morgan fingerprint density at radius 1 is 1.36 bits per heavy atom. The topological polar surface area (TPSA) is 115 Å². The highest BCUT2D eigenvalue weighted by Gasteiger charge is 2.13. The number of nitrogens with one attached hydrogen (secondary N) is 2. The van der Waals surface area contributed by atoms with E-state index >= 15 is 0 Å². The van der Waals surface area contributed by atoms with E-state index < -0.39 is 0 Å². The second-order valence-electron chi connectivity index (χ2n) is 5.55. The highest BCUT2D eigenvalue weighted by molar-refractivity contribution is 5.82. The number of hydrazone groups is 1. The molecule has 0 fully saturated rings. The summed E-state index contributed by atoms with van der Waals surface area (Å²) < 4.78 is 6.92. The number of hydrogen-bond acceptors (Lipinski definition) is 8. The standard InChI is InChI=1S/C18H19N9O/c1-20-11-26(22-3)12-5-6-16(28-4)14(7-12)24-17-8-15(21-2)18-23-10-13(9-19)27(18)25-17/h5-8,10-11,21H,3H2,1-2,4H3,(H,24,25). The van der Waals surface area contributed by atoms with Crippen molar-refractivity contribution < 1.29 is 4.74 Å². The Labute approximate surface area is 161 Å². The number of rotatable bonds is 7. The van der Waals surface area contributed by atoms with E-state index in [1.807, 2.05) is 12.1 Å². The molecule has 0 aliphatic carbocycles. The van der Waals surface area contributed by atoms with Crippen LogP contribution in [0, 0.1) is 11.3 Å². The van der Waals surface area contributed by atoms with Crippen LogP contribution in [0.3, 0.4) is 0 Å². The Bertz CT molecular complexity index is 1080. The highest BCUT2D eigenvalue weighted by Crippen LogP contribution is 2.32. The Morgan fingerprint density at radius 3 is 2.82 bits per heavy atom. The summed E-state index contributed by atoms with van der Waals surface area (Å²) in [5, 5.41) is 25.5. The van der Waals surface area contributed by atoms with Crippen molar-refractivity contribution in [3.05, 3.63) is 36.2 Å². The number of nitriles is 1. The molecule has 2 heterocycles. The summed E-state index contributed by atoms with van der Waals surface area (Å²) in [7, 11) is 5.01. The molecule has 3 aromatic rings. The summed E-state index contributed by atoms with van der Waals surface area (Å²) in [5.74, 6) is 1.12. The zero-order valence-corrected chi connectivity index (χ0v) is 15.7. The van der Waals surface area contributed by atoms with Gasteiger partial charge in [-0.2, -0.15) is 14.9 Å². The number of imidazole rings is 1. The van der Waals surface area contributed by atoms with Crippen LogP contribution in [0.25, 0.3) is 5.65 Å². The number of ether oxygens (including phenoxy) is 1. The molecule has 0 saturated heterocycles. The van der Waals surface area contributed by atoms with Crippen LogP contribution in [0.5, 0.6) is 5.75 Å². The molecule has 0 bridgehead atoms. The van der Waals surface area contributed by atoms with Gasteiger partial charge in [0.1, 0.15) is 18.2 Å². The molecule has 3 rings (SSSR count). The van der Waals surface area contributed by atoms with Gasteiger partial charge in [0.25, 0.3) is 0 Å². The van der Waals surface area contributed by atoms with Crippen molar-refractivity contribution in [2.24, 2.45) is 10.1 Å². The van der Waals surface area contributed by atoms with Gasteiger partial charge in [-0.05, 0) is 18.2 Å². The molecule has 0 atom stereocenters. The van der Waals surface area contributed by atoms with Gasteiger partial charge in [-0.3, -0.25) is 4.99 Å². The predicted molar refractivity (Wildman–Crippen MR) is 110 cm³/mol. The van der Waals surface area contributed by atoms with Gasteiger partial charge in [-0.25, -0.2) is 9.99 Å². The monoisotopic (exact) mass is 377 g/mol. The fourth-order valence-electron chi connectivity index (χ4n) is 2.66. The normalized spacial score (nSPS) is 10.6. The smallest absolute Gasteiger partial charge is 0.178 e. The van der Waals surface area contributed by atoms with E-state index in [1.165, 1.54) is 15.7 Å². The molecular weight excluding hydrogens is 358 g/mol. The average Bonchev–Trinajstić information content (AvgIpc) is 3.14. The molecular formula is C18H19N9O. The Balaban J connectivity index is 2.07. The van der Waals surface area contributed by atoms with Gasteiger partial charge in [-0.15, -0.1) is 5.10 Å². The zero-order valence-electron chi connectivity index (χ0n) is 15.7. The van der Waals surface area contributed by atoms with Gasteiger partial charge in [0.05, 0.1) is 30.4 Å². The quantitative estimate of drug-likeness (QED) is 0.369. The summed E-state index contributed by atoms with van der Waals surface area (Å²) in [6.07, 6.45) is 3.03. The molecule has 2 aromatic heterocycles. The molecule has 0 amide bonds. The van der Waals surface area contributed by atoms with Crippen LogP contribution in [0.4, 0.5) is 22.9 Å². The number of benzene rings is 1. The predicted octanol–water partition coefficient (Wildman–Crippen LogP) is 2.47. The summed E-state index contributed by atoms with van der Waals surface area (Å²) in [4.78, 5) is 8.20. The lowest BCUT2D eigenvalue weighted by atomic mass is 10.2. The molecule has 0 radical (unpaired) electrons. The van der Waals surface area contributed by atoms with Gasteiger partial charge in [0.15, 0.2) is 17.2 Å². The van der Waals surface area contributed by atoms with Crippen molar-refractivity contribution in [3.8, 4) is 11.8 Å². The number of hydrogen-bond donors (Lipinski definition) is 2. The molecule has 0 aliphatic rings. The fraction of sp³-hybridized carbons (Fsp3) is 0.167. The first-order chi connectivity index (χ1) is 13.6. The number of fused-ring (bicyclic) bond motifs is 1. The summed E-state index contributed by atoms with van der Waals surface area (Å²) >= 11 is 0. The van der Waals surface area contributed by atoms with Crippen LogP contribution in [0.2, 0.25) is 0 Å². The second-order valence-corrected chi connectivity index (χ2v) is 5.55. The van der Waals surface area contributed by atoms with Crippen molar-refractivity contribution >= 4 is 41.6 Å². The average molecular weight is 377 g/mol. The third-order valence-electron chi connectivity index (χ3n) is 3.94. The first-order valence-electron chi connectivity index (χ1n) is 8.25. The second kappa shape index (κ2) is 8.05. The molecule has 10 nitrogen and oxygen atoms in total. The lowest BCUT2D eigenvalue weighted by molar-refractivity contribution is 0.417. The first-order valence-corrected chi connectivity index (χ1v) is 8.25. The first kappa shape index (κ1) is 18.7. The fourth-order valence-corrected chi connectivity index (χ4v) is 2.66. The third kappa shape index (κ3) is 3.41. The molecule has 10 heteroatoms. The number of aliphatic imine (C=N–C) groups is 1. The van der Waals surface area contributed by atoms with Gasteiger partial charge in [-0.1, -0.05) is 0 Å². The number of anilines is 4. The van der Waals surface area contributed by atoms with Crippen LogP contribution in [-0.4, -0.2) is 48.9 Å². The lowest BCUT2D eigenvalue weighted by Gasteiger charge is -2.17. The van der Waals surface area contributed by atoms with Crippen molar-refractivity contribution in [1.29, 1.82) is 5.26 Å². The number of methoxy groups -OCH3 is 1. The van der Waals surface area contributed by atoms with E-state index in [9.17, 15) is 5.26 Å². The lowest BCUT2D eigenvalue weighted by Crippen LogP contribution is -2.13. The molecule has 142 valence electrons. The highest BCUT2D eigenvalue weighted by atomic mass is 16.5. The van der Waals surface area contributed by atoms with E-state index in [0.29, 0.717) is 28.6 Å². The number of aromatic nitrogens is 3. The summed E-state index contributed by atoms with van der Waals surface area (Å²) in [6, 6.07) is 9.34. The maximum atomic E-state index is 9.28.